The van der Waals surface area contributed by atoms with Crippen LogP contribution in [0.25, 0.3) is 0 Å². The lowest BCUT2D eigenvalue weighted by Gasteiger charge is -2.37. The van der Waals surface area contributed by atoms with Crippen LogP contribution in [0.2, 0.25) is 0 Å². The molecule has 144 valence electrons. The van der Waals surface area contributed by atoms with Crippen molar-refractivity contribution >= 4 is 0 Å². The Hall–Kier alpha value is -0.720. The van der Waals surface area contributed by atoms with E-state index in [0.29, 0.717) is 6.10 Å². The molecule has 2 fully saturated rings. The molecule has 0 aromatic carbocycles. The topological polar surface area (TPSA) is 9.23 Å². The van der Waals surface area contributed by atoms with E-state index in [2.05, 4.69) is 32.1 Å². The molecule has 0 saturated heterocycles. The van der Waals surface area contributed by atoms with E-state index in [0.717, 1.165) is 17.8 Å². The lowest BCUT2D eigenvalue weighted by Crippen LogP contribution is -2.27. The first kappa shape index (κ1) is 20.6. The lowest BCUT2D eigenvalue weighted by molar-refractivity contribution is 0.0649. The molecule has 0 bridgehead atoms. The van der Waals surface area contributed by atoms with Gasteiger partial charge in [-0.3, -0.25) is 0 Å². The first-order chi connectivity index (χ1) is 12.3. The van der Waals surface area contributed by atoms with Gasteiger partial charge in [-0.05, 0) is 94.5 Å². The quantitative estimate of drug-likeness (QED) is 0.222. The summed E-state index contributed by atoms with van der Waals surface area (Å²) in [6.45, 7) is 4.52. The maximum atomic E-state index is 5.96. The summed E-state index contributed by atoms with van der Waals surface area (Å²) in [7, 11) is 0. The average Bonchev–Trinajstić information content (AvgIpc) is 2.66. The minimum Gasteiger partial charge on any atom is -0.498 e. The Morgan fingerprint density at radius 3 is 1.88 bits per heavy atom. The molecule has 0 N–H and O–H groups in total. The Morgan fingerprint density at radius 2 is 1.28 bits per heavy atom. The van der Waals surface area contributed by atoms with E-state index in [9.17, 15) is 0 Å². The number of ether oxygens (including phenoxy) is 1. The number of rotatable bonds is 10. The van der Waals surface area contributed by atoms with Gasteiger partial charge in [-0.1, -0.05) is 45.3 Å². The van der Waals surface area contributed by atoms with Crippen molar-refractivity contribution in [1.29, 1.82) is 0 Å². The zero-order valence-corrected chi connectivity index (χ0v) is 16.9. The maximum absolute atomic E-state index is 5.96. The Bertz CT molecular complexity index is 368. The molecule has 0 aromatic rings. The van der Waals surface area contributed by atoms with Crippen molar-refractivity contribution in [3.63, 3.8) is 0 Å². The standard InChI is InChI=1S/C24H42O/c1-3-5-7-9-11-21-12-14-22(15-13-21)23-16-18-24(19-17-23)25-20-10-8-6-4-2/h9-11,20-24H,3-8,12-19H2,1-2H3/b11-9+,20-10+. The minimum atomic E-state index is 0.493. The van der Waals surface area contributed by atoms with Crippen LogP contribution in [0, 0.1) is 17.8 Å². The lowest BCUT2D eigenvalue weighted by atomic mass is 9.70. The Balaban J connectivity index is 1.59. The number of hydrogen-bond acceptors (Lipinski definition) is 1. The summed E-state index contributed by atoms with van der Waals surface area (Å²) in [6, 6.07) is 0. The van der Waals surface area contributed by atoms with Crippen molar-refractivity contribution in [2.75, 3.05) is 0 Å². The molecule has 0 amide bonds. The maximum Gasteiger partial charge on any atom is 0.0978 e. The SMILES string of the molecule is CCCC/C=C/OC1CCC(C2CCC(/C=C/CCCC)CC2)CC1. The molecule has 0 atom stereocenters. The first-order valence-corrected chi connectivity index (χ1v) is 11.3. The smallest absolute Gasteiger partial charge is 0.0978 e. The number of unbranched alkanes of at least 4 members (excludes halogenated alkanes) is 4. The highest BCUT2D eigenvalue weighted by Crippen LogP contribution is 2.40. The van der Waals surface area contributed by atoms with Crippen molar-refractivity contribution in [3.05, 3.63) is 24.5 Å². The zero-order valence-electron chi connectivity index (χ0n) is 16.9. The van der Waals surface area contributed by atoms with E-state index >= 15 is 0 Å². The fraction of sp³-hybridized carbons (Fsp3) is 0.833. The van der Waals surface area contributed by atoms with Crippen LogP contribution in [0.5, 0.6) is 0 Å². The van der Waals surface area contributed by atoms with E-state index in [4.69, 9.17) is 4.74 Å². The van der Waals surface area contributed by atoms with Gasteiger partial charge in [0.2, 0.25) is 0 Å². The van der Waals surface area contributed by atoms with E-state index in [1.54, 1.807) is 0 Å². The van der Waals surface area contributed by atoms with Crippen LogP contribution in [-0.4, -0.2) is 6.10 Å². The van der Waals surface area contributed by atoms with Crippen molar-refractivity contribution in [2.45, 2.75) is 110 Å². The van der Waals surface area contributed by atoms with Gasteiger partial charge >= 0.3 is 0 Å². The van der Waals surface area contributed by atoms with E-state index < -0.39 is 0 Å². The van der Waals surface area contributed by atoms with Crippen LogP contribution in [-0.2, 0) is 4.74 Å². The van der Waals surface area contributed by atoms with Crippen molar-refractivity contribution in [1.82, 2.24) is 0 Å². The Kier molecular flexibility index (Phi) is 10.4. The summed E-state index contributed by atoms with van der Waals surface area (Å²) in [6.07, 6.45) is 28.5. The van der Waals surface area contributed by atoms with Crippen molar-refractivity contribution < 1.29 is 4.74 Å². The summed E-state index contributed by atoms with van der Waals surface area (Å²) in [5, 5.41) is 0. The molecule has 2 saturated carbocycles. The molecule has 0 unspecified atom stereocenters. The normalized spacial score (nSPS) is 31.0. The Labute approximate surface area is 157 Å². The molecular formula is C24H42O. The van der Waals surface area contributed by atoms with Gasteiger partial charge in [0.05, 0.1) is 12.4 Å². The third-order valence-electron chi connectivity index (χ3n) is 6.43. The third kappa shape index (κ3) is 8.01. The van der Waals surface area contributed by atoms with E-state index in [-0.39, 0.29) is 0 Å². The van der Waals surface area contributed by atoms with Crippen molar-refractivity contribution in [2.24, 2.45) is 17.8 Å². The largest absolute Gasteiger partial charge is 0.498 e. The predicted molar refractivity (Wildman–Crippen MR) is 110 cm³/mol. The van der Waals surface area contributed by atoms with Gasteiger partial charge in [-0.15, -0.1) is 0 Å². The first-order valence-electron chi connectivity index (χ1n) is 11.3. The second kappa shape index (κ2) is 12.6. The van der Waals surface area contributed by atoms with Gasteiger partial charge in [-0.2, -0.15) is 0 Å². The molecule has 25 heavy (non-hydrogen) atoms. The molecule has 1 nitrogen and oxygen atoms in total. The molecule has 0 heterocycles. The Morgan fingerprint density at radius 1 is 0.720 bits per heavy atom. The molecule has 0 spiro atoms. The highest BCUT2D eigenvalue weighted by atomic mass is 16.5. The molecular weight excluding hydrogens is 304 g/mol. The third-order valence-corrected chi connectivity index (χ3v) is 6.43. The van der Waals surface area contributed by atoms with Crippen LogP contribution in [0.3, 0.4) is 0 Å². The second-order valence-electron chi connectivity index (χ2n) is 8.43. The fourth-order valence-electron chi connectivity index (χ4n) is 4.67. The van der Waals surface area contributed by atoms with Gasteiger partial charge in [0.25, 0.3) is 0 Å². The summed E-state index contributed by atoms with van der Waals surface area (Å²) in [5.41, 5.74) is 0. The molecule has 0 aliphatic heterocycles. The minimum absolute atomic E-state index is 0.493. The van der Waals surface area contributed by atoms with Gasteiger partial charge in [0, 0.05) is 0 Å². The van der Waals surface area contributed by atoms with E-state index in [1.165, 1.54) is 89.9 Å². The monoisotopic (exact) mass is 346 g/mol. The van der Waals surface area contributed by atoms with Crippen molar-refractivity contribution in [3.8, 4) is 0 Å². The summed E-state index contributed by atoms with van der Waals surface area (Å²) in [4.78, 5) is 0. The van der Waals surface area contributed by atoms with Gasteiger partial charge in [-0.25, -0.2) is 0 Å². The molecule has 2 aliphatic carbocycles. The van der Waals surface area contributed by atoms with Gasteiger partial charge < -0.3 is 4.74 Å². The van der Waals surface area contributed by atoms with Crippen LogP contribution in [0.1, 0.15) is 104 Å². The average molecular weight is 347 g/mol. The van der Waals surface area contributed by atoms with Gasteiger partial charge in [0.15, 0.2) is 0 Å². The second-order valence-corrected chi connectivity index (χ2v) is 8.43. The molecule has 2 aliphatic rings. The van der Waals surface area contributed by atoms with Crippen LogP contribution in [0.15, 0.2) is 24.5 Å². The molecule has 1 heteroatoms. The highest BCUT2D eigenvalue weighted by molar-refractivity contribution is 4.92. The highest BCUT2D eigenvalue weighted by Gasteiger charge is 2.30. The molecule has 0 aromatic heterocycles. The molecule has 0 radical (unpaired) electrons. The van der Waals surface area contributed by atoms with E-state index in [1.807, 2.05) is 6.26 Å². The van der Waals surface area contributed by atoms with Crippen LogP contribution < -0.4 is 0 Å². The molecule has 2 rings (SSSR count). The van der Waals surface area contributed by atoms with Crippen LogP contribution in [0.4, 0.5) is 0 Å². The van der Waals surface area contributed by atoms with Gasteiger partial charge in [0.1, 0.15) is 0 Å². The number of hydrogen-bond donors (Lipinski definition) is 0. The summed E-state index contributed by atoms with van der Waals surface area (Å²) in [5.74, 6) is 2.86. The fourth-order valence-corrected chi connectivity index (χ4v) is 4.67. The summed E-state index contributed by atoms with van der Waals surface area (Å²) < 4.78 is 5.96. The van der Waals surface area contributed by atoms with Crippen LogP contribution >= 0.6 is 0 Å². The number of allylic oxidation sites excluding steroid dienone is 3. The predicted octanol–water partition coefficient (Wildman–Crippen LogP) is 7.82. The summed E-state index contributed by atoms with van der Waals surface area (Å²) >= 11 is 0. The zero-order chi connectivity index (χ0) is 17.7.